The van der Waals surface area contributed by atoms with Gasteiger partial charge >= 0.3 is 18.0 Å². The number of carbonyl (C=O) groups is 1. The highest BCUT2D eigenvalue weighted by molar-refractivity contribution is 7.97. The maximum Gasteiger partial charge on any atom is 0.460 e. The van der Waals surface area contributed by atoms with Gasteiger partial charge in [0.2, 0.25) is 0 Å². The summed E-state index contributed by atoms with van der Waals surface area (Å²) in [6.07, 6.45) is -6.64. The van der Waals surface area contributed by atoms with Crippen LogP contribution < -0.4 is 5.11 Å². The van der Waals surface area contributed by atoms with E-state index in [0.717, 1.165) is 0 Å². The van der Waals surface area contributed by atoms with Gasteiger partial charge in [0.15, 0.2) is 14.7 Å². The molecule has 0 unspecified atom stereocenters. The Morgan fingerprint density at radius 3 is 1.06 bits per heavy atom. The van der Waals surface area contributed by atoms with E-state index in [1.165, 1.54) is 14.7 Å². The SMILES string of the molecule is O=C([O-])C(F)(F)C(F)(F)C(F)(F)F.c1ccc([S+](c2ccccc2)c2ccccc2)cc1. The van der Waals surface area contributed by atoms with E-state index in [1.54, 1.807) is 0 Å². The van der Waals surface area contributed by atoms with Crippen molar-refractivity contribution in [1.82, 2.24) is 0 Å². The van der Waals surface area contributed by atoms with Crippen LogP contribution in [-0.4, -0.2) is 24.0 Å². The summed E-state index contributed by atoms with van der Waals surface area (Å²) in [5, 5.41) is 9.27. The van der Waals surface area contributed by atoms with Gasteiger partial charge in [-0.25, -0.2) is 0 Å². The van der Waals surface area contributed by atoms with Crippen LogP contribution in [0.25, 0.3) is 0 Å². The van der Waals surface area contributed by atoms with Gasteiger partial charge in [-0.15, -0.1) is 0 Å². The zero-order valence-corrected chi connectivity index (χ0v) is 16.8. The molecule has 0 aliphatic rings. The number of carbonyl (C=O) groups excluding carboxylic acids is 1. The van der Waals surface area contributed by atoms with E-state index >= 15 is 0 Å². The lowest BCUT2D eigenvalue weighted by molar-refractivity contribution is -0.387. The third-order valence-electron chi connectivity index (χ3n) is 3.94. The summed E-state index contributed by atoms with van der Waals surface area (Å²) < 4.78 is 80.2. The predicted molar refractivity (Wildman–Crippen MR) is 102 cm³/mol. The Labute approximate surface area is 181 Å². The normalized spacial score (nSPS) is 12.1. The van der Waals surface area contributed by atoms with E-state index in [0.29, 0.717) is 0 Å². The minimum atomic E-state index is -6.64. The van der Waals surface area contributed by atoms with Gasteiger partial charge in [0, 0.05) is 0 Å². The first kappa shape index (κ1) is 25.3. The molecule has 0 radical (unpaired) electrons. The van der Waals surface area contributed by atoms with Gasteiger partial charge in [0.05, 0.1) is 10.9 Å². The molecule has 0 N–H and O–H groups in total. The van der Waals surface area contributed by atoms with Gasteiger partial charge in [0.25, 0.3) is 0 Å². The molecule has 3 rings (SSSR count). The lowest BCUT2D eigenvalue weighted by Gasteiger charge is -2.28. The highest BCUT2D eigenvalue weighted by atomic mass is 32.2. The molecule has 0 aliphatic carbocycles. The molecule has 0 aliphatic heterocycles. The first-order valence-corrected chi connectivity index (χ1v) is 10.1. The summed E-state index contributed by atoms with van der Waals surface area (Å²) >= 11 is 0. The van der Waals surface area contributed by atoms with E-state index in [1.807, 2.05) is 0 Å². The summed E-state index contributed by atoms with van der Waals surface area (Å²) in [5.74, 6) is -16.7. The Balaban J connectivity index is 0.000000247. The molecule has 0 heterocycles. The molecule has 0 amide bonds. The minimum Gasteiger partial charge on any atom is -0.544 e. The lowest BCUT2D eigenvalue weighted by Crippen LogP contribution is -2.60. The second kappa shape index (κ2) is 10.1. The molecule has 0 saturated heterocycles. The van der Waals surface area contributed by atoms with Crippen molar-refractivity contribution in [3.05, 3.63) is 91.0 Å². The minimum absolute atomic E-state index is 0.0146. The Kier molecular flexibility index (Phi) is 7.95. The second-order valence-electron chi connectivity index (χ2n) is 6.18. The quantitative estimate of drug-likeness (QED) is 0.368. The monoisotopic (exact) mass is 476 g/mol. The smallest absolute Gasteiger partial charge is 0.460 e. The number of carboxylic acids is 1. The summed E-state index contributed by atoms with van der Waals surface area (Å²) in [6, 6.07) is 32.2. The molecule has 3 aromatic carbocycles. The topological polar surface area (TPSA) is 40.1 Å². The van der Waals surface area contributed by atoms with Gasteiger partial charge in [-0.2, -0.15) is 30.7 Å². The van der Waals surface area contributed by atoms with Crippen LogP contribution in [0.5, 0.6) is 0 Å². The van der Waals surface area contributed by atoms with Crippen molar-refractivity contribution < 1.29 is 40.6 Å². The maximum atomic E-state index is 11.7. The van der Waals surface area contributed by atoms with Crippen molar-refractivity contribution in [1.29, 1.82) is 0 Å². The Bertz CT molecular complexity index is 901. The average molecular weight is 476 g/mol. The number of alkyl halides is 7. The largest absolute Gasteiger partial charge is 0.544 e. The Morgan fingerprint density at radius 1 is 0.594 bits per heavy atom. The van der Waals surface area contributed by atoms with Gasteiger partial charge in [-0.3, -0.25) is 0 Å². The van der Waals surface area contributed by atoms with E-state index < -0.39 is 24.0 Å². The number of rotatable bonds is 5. The molecule has 32 heavy (non-hydrogen) atoms. The number of hydrogen-bond donors (Lipinski definition) is 0. The average Bonchev–Trinajstić information content (AvgIpc) is 2.76. The second-order valence-corrected chi connectivity index (χ2v) is 8.21. The number of aliphatic carboxylic acids is 1. The fraction of sp³-hybridized carbons (Fsp3) is 0.136. The van der Waals surface area contributed by atoms with Gasteiger partial charge in [0.1, 0.15) is 5.97 Å². The molecule has 0 atom stereocenters. The highest BCUT2D eigenvalue weighted by Crippen LogP contribution is 2.46. The fourth-order valence-electron chi connectivity index (χ4n) is 2.38. The zero-order chi connectivity index (χ0) is 24.0. The van der Waals surface area contributed by atoms with Crippen molar-refractivity contribution in [2.45, 2.75) is 32.7 Å². The van der Waals surface area contributed by atoms with E-state index in [9.17, 15) is 40.6 Å². The lowest BCUT2D eigenvalue weighted by atomic mass is 10.1. The van der Waals surface area contributed by atoms with Crippen LogP contribution in [0.4, 0.5) is 30.7 Å². The van der Waals surface area contributed by atoms with Gasteiger partial charge in [-0.1, -0.05) is 54.6 Å². The fourth-order valence-corrected chi connectivity index (χ4v) is 4.49. The number of halogens is 7. The summed E-state index contributed by atoms with van der Waals surface area (Å²) in [5.41, 5.74) is 0. The Hall–Kier alpha value is -3.01. The molecule has 0 saturated carbocycles. The summed E-state index contributed by atoms with van der Waals surface area (Å²) in [7, 11) is -0.0146. The van der Waals surface area contributed by atoms with Crippen molar-refractivity contribution in [2.75, 3.05) is 0 Å². The van der Waals surface area contributed by atoms with Crippen LogP contribution in [0.15, 0.2) is 106 Å². The first-order valence-electron chi connectivity index (χ1n) is 8.83. The molecule has 0 bridgehead atoms. The summed E-state index contributed by atoms with van der Waals surface area (Å²) in [4.78, 5) is 13.4. The van der Waals surface area contributed by atoms with Crippen molar-refractivity contribution in [3.8, 4) is 0 Å². The molecule has 0 aromatic heterocycles. The van der Waals surface area contributed by atoms with E-state index in [2.05, 4.69) is 91.0 Å². The predicted octanol–water partition coefficient (Wildman–Crippen LogP) is 5.35. The molecule has 0 spiro atoms. The zero-order valence-electron chi connectivity index (χ0n) is 16.0. The van der Waals surface area contributed by atoms with Crippen molar-refractivity contribution in [2.24, 2.45) is 0 Å². The van der Waals surface area contributed by atoms with Crippen LogP contribution >= 0.6 is 0 Å². The first-order chi connectivity index (χ1) is 14.9. The van der Waals surface area contributed by atoms with Gasteiger partial charge in [-0.05, 0) is 36.4 Å². The van der Waals surface area contributed by atoms with E-state index in [-0.39, 0.29) is 10.9 Å². The number of hydrogen-bond acceptors (Lipinski definition) is 2. The molecule has 170 valence electrons. The van der Waals surface area contributed by atoms with Crippen molar-refractivity contribution in [3.63, 3.8) is 0 Å². The van der Waals surface area contributed by atoms with Crippen molar-refractivity contribution >= 4 is 16.9 Å². The van der Waals surface area contributed by atoms with Crippen LogP contribution in [0.3, 0.4) is 0 Å². The molecular formula is C22H15F7O2S. The van der Waals surface area contributed by atoms with E-state index in [4.69, 9.17) is 0 Å². The third-order valence-corrected chi connectivity index (χ3v) is 6.17. The molecule has 10 heteroatoms. The molecular weight excluding hydrogens is 461 g/mol. The number of carboxylic acid groups (broad SMARTS) is 1. The van der Waals surface area contributed by atoms with Crippen LogP contribution in [0.1, 0.15) is 0 Å². The summed E-state index contributed by atoms with van der Waals surface area (Å²) in [6.45, 7) is 0. The van der Waals surface area contributed by atoms with Crippen LogP contribution in [0, 0.1) is 0 Å². The maximum absolute atomic E-state index is 11.7. The standard InChI is InChI=1S/C18H15S.C4HF7O2/c1-4-10-16(11-5-1)19(17-12-6-2-7-13-17)18-14-8-3-9-15-18;5-2(6,1(12)13)3(7,8)4(9,10)11/h1-15H;(H,12,13)/q+1;/p-1. The highest BCUT2D eigenvalue weighted by Gasteiger charge is 2.73. The number of benzene rings is 3. The van der Waals surface area contributed by atoms with Crippen LogP contribution in [0.2, 0.25) is 0 Å². The molecule has 2 nitrogen and oxygen atoms in total. The molecule has 0 fully saturated rings. The van der Waals surface area contributed by atoms with Gasteiger partial charge < -0.3 is 9.90 Å². The molecule has 3 aromatic rings. The Morgan fingerprint density at radius 2 is 0.875 bits per heavy atom. The van der Waals surface area contributed by atoms with Crippen LogP contribution in [-0.2, 0) is 15.7 Å². The third kappa shape index (κ3) is 5.61.